The molecular formula is C25H36N2O. The Labute approximate surface area is 171 Å². The summed E-state index contributed by atoms with van der Waals surface area (Å²) in [6, 6.07) is 20.0. The van der Waals surface area contributed by atoms with Crippen LogP contribution >= 0.6 is 0 Å². The Morgan fingerprint density at radius 2 is 1.68 bits per heavy atom. The van der Waals surface area contributed by atoms with Crippen molar-refractivity contribution in [3.8, 4) is 5.75 Å². The van der Waals surface area contributed by atoms with Gasteiger partial charge in [-0.1, -0.05) is 49.4 Å². The van der Waals surface area contributed by atoms with Crippen molar-refractivity contribution in [3.63, 3.8) is 0 Å². The number of nitrogens with zero attached hydrogens (tertiary/aromatic N) is 1. The molecule has 0 aliphatic carbocycles. The zero-order chi connectivity index (χ0) is 19.9. The average molecular weight is 381 g/mol. The van der Waals surface area contributed by atoms with Crippen molar-refractivity contribution in [1.29, 1.82) is 0 Å². The summed E-state index contributed by atoms with van der Waals surface area (Å²) in [5, 5.41) is 3.66. The number of rotatable bonds is 8. The van der Waals surface area contributed by atoms with Crippen molar-refractivity contribution in [1.82, 2.24) is 10.2 Å². The van der Waals surface area contributed by atoms with E-state index in [1.807, 2.05) is 12.1 Å². The van der Waals surface area contributed by atoms with Gasteiger partial charge in [-0.2, -0.15) is 0 Å². The van der Waals surface area contributed by atoms with Crippen LogP contribution in [0.25, 0.3) is 0 Å². The van der Waals surface area contributed by atoms with Gasteiger partial charge in [0.15, 0.2) is 0 Å². The number of hydrogen-bond acceptors (Lipinski definition) is 3. The summed E-state index contributed by atoms with van der Waals surface area (Å²) in [6.07, 6.45) is 2.42. The molecular weight excluding hydrogens is 344 g/mol. The Kier molecular flexibility index (Phi) is 7.52. The quantitative estimate of drug-likeness (QED) is 0.676. The number of methoxy groups -OCH3 is 1. The van der Waals surface area contributed by atoms with Crippen LogP contribution in [0, 0.1) is 17.8 Å². The van der Waals surface area contributed by atoms with Crippen molar-refractivity contribution in [2.75, 3.05) is 27.2 Å². The third-order valence-corrected chi connectivity index (χ3v) is 6.63. The van der Waals surface area contributed by atoms with Gasteiger partial charge in [0.05, 0.1) is 7.11 Å². The predicted octanol–water partition coefficient (Wildman–Crippen LogP) is 4.62. The van der Waals surface area contributed by atoms with E-state index in [2.05, 4.69) is 73.6 Å². The van der Waals surface area contributed by atoms with Gasteiger partial charge in [0, 0.05) is 19.1 Å². The van der Waals surface area contributed by atoms with Crippen LogP contribution in [-0.4, -0.2) is 38.2 Å². The molecule has 4 atom stereocenters. The highest BCUT2D eigenvalue weighted by molar-refractivity contribution is 5.27. The molecule has 28 heavy (non-hydrogen) atoms. The predicted molar refractivity (Wildman–Crippen MR) is 118 cm³/mol. The van der Waals surface area contributed by atoms with Crippen LogP contribution in [0.3, 0.4) is 0 Å². The molecule has 0 spiro atoms. The first-order chi connectivity index (χ1) is 13.6. The number of nitrogens with one attached hydrogen (secondary N) is 1. The highest BCUT2D eigenvalue weighted by atomic mass is 16.5. The zero-order valence-electron chi connectivity index (χ0n) is 17.9. The minimum Gasteiger partial charge on any atom is -0.497 e. The molecule has 0 bridgehead atoms. The lowest BCUT2D eigenvalue weighted by Crippen LogP contribution is -2.50. The van der Waals surface area contributed by atoms with Crippen molar-refractivity contribution in [3.05, 3.63) is 65.7 Å². The molecule has 0 unspecified atom stereocenters. The second-order valence-electron chi connectivity index (χ2n) is 8.49. The van der Waals surface area contributed by atoms with E-state index >= 15 is 0 Å². The fraction of sp³-hybridized carbons (Fsp3) is 0.520. The van der Waals surface area contributed by atoms with E-state index in [1.165, 1.54) is 30.5 Å². The van der Waals surface area contributed by atoms with Gasteiger partial charge < -0.3 is 15.0 Å². The van der Waals surface area contributed by atoms with Crippen LogP contribution < -0.4 is 10.1 Å². The van der Waals surface area contributed by atoms with E-state index in [-0.39, 0.29) is 0 Å². The summed E-state index contributed by atoms with van der Waals surface area (Å²) in [7, 11) is 4.00. The molecule has 1 fully saturated rings. The summed E-state index contributed by atoms with van der Waals surface area (Å²) >= 11 is 0. The Morgan fingerprint density at radius 1 is 0.964 bits per heavy atom. The van der Waals surface area contributed by atoms with Crippen LogP contribution in [0.5, 0.6) is 5.75 Å². The molecule has 1 aliphatic heterocycles. The largest absolute Gasteiger partial charge is 0.497 e. The molecule has 152 valence electrons. The molecule has 0 saturated carbocycles. The summed E-state index contributed by atoms with van der Waals surface area (Å²) < 4.78 is 5.24. The summed E-state index contributed by atoms with van der Waals surface area (Å²) in [6.45, 7) is 8.05. The Balaban J connectivity index is 1.57. The van der Waals surface area contributed by atoms with Gasteiger partial charge in [-0.3, -0.25) is 0 Å². The van der Waals surface area contributed by atoms with Crippen LogP contribution in [0.15, 0.2) is 54.6 Å². The van der Waals surface area contributed by atoms with E-state index < -0.39 is 0 Å². The monoisotopic (exact) mass is 380 g/mol. The third-order valence-electron chi connectivity index (χ3n) is 6.63. The van der Waals surface area contributed by atoms with Crippen LogP contribution in [-0.2, 0) is 13.0 Å². The molecule has 3 rings (SSSR count). The maximum Gasteiger partial charge on any atom is 0.118 e. The lowest BCUT2D eigenvalue weighted by atomic mass is 9.70. The normalized spacial score (nSPS) is 25.6. The SMILES string of the molecule is COc1ccc(CNCC[C@H]2[C@@H](Cc3ccccc3)[C@@H](C)N(C)C[C@H]2C)cc1. The molecule has 0 radical (unpaired) electrons. The highest BCUT2D eigenvalue weighted by Gasteiger charge is 2.37. The van der Waals surface area contributed by atoms with Crippen LogP contribution in [0.4, 0.5) is 0 Å². The molecule has 2 aromatic carbocycles. The Bertz CT molecular complexity index is 700. The van der Waals surface area contributed by atoms with Crippen molar-refractivity contribution < 1.29 is 4.74 Å². The van der Waals surface area contributed by atoms with E-state index in [4.69, 9.17) is 4.74 Å². The van der Waals surface area contributed by atoms with Crippen LogP contribution in [0.2, 0.25) is 0 Å². The van der Waals surface area contributed by atoms with Gasteiger partial charge in [-0.05, 0) is 74.4 Å². The highest BCUT2D eigenvalue weighted by Crippen LogP contribution is 2.36. The molecule has 1 saturated heterocycles. The minimum absolute atomic E-state index is 0.628. The molecule has 0 aromatic heterocycles. The topological polar surface area (TPSA) is 24.5 Å². The van der Waals surface area contributed by atoms with Gasteiger partial charge >= 0.3 is 0 Å². The maximum absolute atomic E-state index is 5.24. The second kappa shape index (κ2) is 10.1. The first-order valence-electron chi connectivity index (χ1n) is 10.7. The number of likely N-dealkylation sites (tertiary alicyclic amines) is 1. The smallest absolute Gasteiger partial charge is 0.118 e. The molecule has 3 heteroatoms. The van der Waals surface area contributed by atoms with E-state index in [9.17, 15) is 0 Å². The fourth-order valence-corrected chi connectivity index (χ4v) is 4.81. The van der Waals surface area contributed by atoms with E-state index in [0.29, 0.717) is 12.0 Å². The molecule has 3 nitrogen and oxygen atoms in total. The first kappa shape index (κ1) is 20.9. The average Bonchev–Trinajstić information content (AvgIpc) is 2.72. The van der Waals surface area contributed by atoms with Crippen LogP contribution in [0.1, 0.15) is 31.4 Å². The fourth-order valence-electron chi connectivity index (χ4n) is 4.81. The number of benzene rings is 2. The number of ether oxygens (including phenoxy) is 1. The van der Waals surface area contributed by atoms with Gasteiger partial charge in [0.1, 0.15) is 5.75 Å². The van der Waals surface area contributed by atoms with Crippen molar-refractivity contribution >= 4 is 0 Å². The summed E-state index contributed by atoms with van der Waals surface area (Å²) in [5.41, 5.74) is 2.78. The van der Waals surface area contributed by atoms with E-state index in [0.717, 1.165) is 30.7 Å². The zero-order valence-corrected chi connectivity index (χ0v) is 17.9. The van der Waals surface area contributed by atoms with Gasteiger partial charge in [-0.25, -0.2) is 0 Å². The van der Waals surface area contributed by atoms with E-state index in [1.54, 1.807) is 7.11 Å². The summed E-state index contributed by atoms with van der Waals surface area (Å²) in [4.78, 5) is 2.56. The summed E-state index contributed by atoms with van der Waals surface area (Å²) in [5.74, 6) is 3.12. The first-order valence-corrected chi connectivity index (χ1v) is 10.7. The third kappa shape index (κ3) is 5.36. The molecule has 0 amide bonds. The lowest BCUT2D eigenvalue weighted by Gasteiger charge is -2.46. The Hall–Kier alpha value is -1.84. The second-order valence-corrected chi connectivity index (χ2v) is 8.49. The van der Waals surface area contributed by atoms with Gasteiger partial charge in [-0.15, -0.1) is 0 Å². The van der Waals surface area contributed by atoms with Crippen molar-refractivity contribution in [2.45, 2.75) is 39.3 Å². The molecule has 1 heterocycles. The number of hydrogen-bond donors (Lipinski definition) is 1. The van der Waals surface area contributed by atoms with Gasteiger partial charge in [0.25, 0.3) is 0 Å². The molecule has 2 aromatic rings. The number of piperidine rings is 1. The lowest BCUT2D eigenvalue weighted by molar-refractivity contribution is 0.0320. The van der Waals surface area contributed by atoms with Gasteiger partial charge in [0.2, 0.25) is 0 Å². The van der Waals surface area contributed by atoms with Crippen molar-refractivity contribution in [2.24, 2.45) is 17.8 Å². The molecule has 1 aliphatic rings. The molecule has 1 N–H and O–H groups in total. The maximum atomic E-state index is 5.24. The minimum atomic E-state index is 0.628. The Morgan fingerprint density at radius 3 is 2.36 bits per heavy atom. The standard InChI is InChI=1S/C25H36N2O/c1-19-18-27(3)20(2)25(16-21-8-6-5-7-9-21)24(19)14-15-26-17-22-10-12-23(28-4)13-11-22/h5-13,19-20,24-26H,14-18H2,1-4H3/t19-,20-,24-,25+/m1/s1.